The van der Waals surface area contributed by atoms with Crippen molar-refractivity contribution in [2.45, 2.75) is 183 Å². The Morgan fingerprint density at radius 3 is 0.364 bits per heavy atom. The predicted molar refractivity (Wildman–Crippen MR) is 178 cm³/mol. The molecule has 0 rings (SSSR count). The van der Waals surface area contributed by atoms with E-state index in [0.717, 1.165) is 27.7 Å². The number of hydrogen-bond donors (Lipinski definition) is 0. The predicted octanol–water partition coefficient (Wildman–Crippen LogP) is 4.21. The van der Waals surface area contributed by atoms with Gasteiger partial charge in [0.1, 0.15) is 0 Å². The van der Waals surface area contributed by atoms with Crippen LogP contribution in [-0.2, 0) is 58.1 Å². The Hall–Kier alpha value is -0.0132. The summed E-state index contributed by atoms with van der Waals surface area (Å²) in [4.78, 5) is 35.6. The molecule has 8 nitrogen and oxygen atoms in total. The van der Waals surface area contributed by atoms with Crippen molar-refractivity contribution in [3.63, 3.8) is 0 Å². The van der Waals surface area contributed by atoms with Crippen molar-refractivity contribution in [3.8, 4) is 0 Å². The SMILES string of the molecule is CC(=O)[O-].CC(=O)[O-].CC(=O)[O-].CC(=O)[O-].CC(C)(C)[PH+](C(C)(C)C)C(C)(C)C.CC(C)(C)[PH+](C(C)(C)C)C(C)(C)C.[Rh+2].[Rh+2]. The zero-order valence-corrected chi connectivity index (χ0v) is 37.2. The second-order valence-corrected chi connectivity index (χ2v) is 26.7. The molecule has 2 radical (unpaired) electrons. The fourth-order valence-corrected chi connectivity index (χ4v) is 20.2. The Balaban J connectivity index is -0.0000000645. The zero-order chi connectivity index (χ0) is 36.5. The van der Waals surface area contributed by atoms with Crippen LogP contribution >= 0.6 is 15.8 Å². The third-order valence-corrected chi connectivity index (χ3v) is 13.5. The summed E-state index contributed by atoms with van der Waals surface area (Å²) < 4.78 is 0. The summed E-state index contributed by atoms with van der Waals surface area (Å²) in [6.07, 6.45) is 0. The first-order chi connectivity index (χ1) is 17.7. The largest absolute Gasteiger partial charge is 2.00 e. The fourth-order valence-electron chi connectivity index (χ4n) is 6.75. The van der Waals surface area contributed by atoms with Crippen LogP contribution < -0.4 is 20.4 Å². The van der Waals surface area contributed by atoms with E-state index in [1.165, 1.54) is 0 Å². The Kier molecular flexibility index (Phi) is 37.1. The Morgan fingerprint density at radius 2 is 0.364 bits per heavy atom. The summed E-state index contributed by atoms with van der Waals surface area (Å²) in [6.45, 7) is 47.1. The Morgan fingerprint density at radius 1 is 0.318 bits per heavy atom. The molecule has 0 unspecified atom stereocenters. The first kappa shape index (κ1) is 62.8. The summed E-state index contributed by atoms with van der Waals surface area (Å²) in [5.41, 5.74) is 0. The summed E-state index contributed by atoms with van der Waals surface area (Å²) in [5.74, 6) is -4.33. The molecular weight excluding hydrogens is 780 g/mol. The maximum atomic E-state index is 8.89. The van der Waals surface area contributed by atoms with Crippen molar-refractivity contribution in [2.75, 3.05) is 0 Å². The zero-order valence-electron chi connectivity index (χ0n) is 31.9. The molecule has 0 fully saturated rings. The molecular formula is C32H68O8P2Rh2+2. The van der Waals surface area contributed by atoms with E-state index in [2.05, 4.69) is 125 Å². The van der Waals surface area contributed by atoms with Gasteiger partial charge in [-0.25, -0.2) is 0 Å². The standard InChI is InChI=1S/2C12H27P.4C2H4O2.2Rh/c2*1-10(2,3)13(11(4,5)6)12(7,8)9;4*1-2(3)4;;/h2*1-9H3;4*1H3,(H,3,4);;/q;;;;;;2*+2/p-2. The number of rotatable bonds is 0. The fraction of sp³-hybridized carbons (Fsp3) is 0.875. The molecule has 0 spiro atoms. The first-order valence-electron chi connectivity index (χ1n) is 14.1. The van der Waals surface area contributed by atoms with Gasteiger partial charge in [0.05, 0.1) is 30.9 Å². The van der Waals surface area contributed by atoms with Crippen LogP contribution in [0.2, 0.25) is 0 Å². The van der Waals surface area contributed by atoms with Gasteiger partial charge in [-0.1, -0.05) is 0 Å². The van der Waals surface area contributed by atoms with Crippen LogP contribution in [0.15, 0.2) is 0 Å². The molecule has 0 amide bonds. The summed E-state index contributed by atoms with van der Waals surface area (Å²) in [6, 6.07) is 0. The van der Waals surface area contributed by atoms with Crippen molar-refractivity contribution in [3.05, 3.63) is 0 Å². The van der Waals surface area contributed by atoms with Gasteiger partial charge in [-0.2, -0.15) is 0 Å². The van der Waals surface area contributed by atoms with Crippen molar-refractivity contribution >= 4 is 39.7 Å². The molecule has 0 saturated heterocycles. The summed E-state index contributed by atoms with van der Waals surface area (Å²) in [5, 5.41) is 38.5. The molecule has 0 atom stereocenters. The molecule has 0 saturated carbocycles. The molecule has 0 aromatic heterocycles. The third kappa shape index (κ3) is 54.5. The minimum Gasteiger partial charge on any atom is -0.550 e. The van der Waals surface area contributed by atoms with Crippen LogP contribution in [-0.4, -0.2) is 54.8 Å². The van der Waals surface area contributed by atoms with Gasteiger partial charge in [0.25, 0.3) is 0 Å². The average Bonchev–Trinajstić information content (AvgIpc) is 2.42. The topological polar surface area (TPSA) is 161 Å². The molecule has 0 aliphatic heterocycles. The molecule has 0 aliphatic carbocycles. The number of carboxylic acids is 4. The van der Waals surface area contributed by atoms with Gasteiger partial charge >= 0.3 is 39.0 Å². The second kappa shape index (κ2) is 26.0. The van der Waals surface area contributed by atoms with Gasteiger partial charge in [-0.15, -0.1) is 0 Å². The normalized spacial score (nSPS) is 11.3. The van der Waals surface area contributed by atoms with Gasteiger partial charge < -0.3 is 39.6 Å². The molecule has 0 heterocycles. The minimum absolute atomic E-state index is 0. The average molecular weight is 849 g/mol. The van der Waals surface area contributed by atoms with Crippen LogP contribution in [0.5, 0.6) is 0 Å². The van der Waals surface area contributed by atoms with Gasteiger partial charge in [-0.05, 0) is 152 Å². The molecule has 0 aliphatic rings. The Bertz CT molecular complexity index is 604. The molecule has 12 heteroatoms. The quantitative estimate of drug-likeness (QED) is 0.259. The van der Waals surface area contributed by atoms with Crippen molar-refractivity contribution in [2.24, 2.45) is 0 Å². The maximum Gasteiger partial charge on any atom is 2.00 e. The summed E-state index contributed by atoms with van der Waals surface area (Å²) in [7, 11) is -0.782. The molecule has 0 aromatic rings. The van der Waals surface area contributed by atoms with E-state index >= 15 is 0 Å². The second-order valence-electron chi connectivity index (χ2n) is 16.2. The number of aliphatic carboxylic acids is 4. The van der Waals surface area contributed by atoms with E-state index < -0.39 is 39.7 Å². The van der Waals surface area contributed by atoms with E-state index in [4.69, 9.17) is 39.6 Å². The van der Waals surface area contributed by atoms with Crippen molar-refractivity contribution in [1.82, 2.24) is 0 Å². The van der Waals surface area contributed by atoms with Gasteiger partial charge in [-0.3, -0.25) is 0 Å². The van der Waals surface area contributed by atoms with E-state index in [9.17, 15) is 0 Å². The maximum absolute atomic E-state index is 8.89. The minimum atomic E-state index is -1.08. The third-order valence-electron chi connectivity index (χ3n) is 4.50. The number of hydrogen-bond acceptors (Lipinski definition) is 8. The molecule has 270 valence electrons. The number of carboxylic acid groups (broad SMARTS) is 4. The van der Waals surface area contributed by atoms with E-state index in [1.807, 2.05) is 0 Å². The number of carbonyl (C=O) groups excluding carboxylic acids is 4. The van der Waals surface area contributed by atoms with Gasteiger partial charge in [0.15, 0.2) is 0 Å². The smallest absolute Gasteiger partial charge is 0.550 e. The van der Waals surface area contributed by atoms with Gasteiger partial charge in [0.2, 0.25) is 0 Å². The monoisotopic (exact) mass is 848 g/mol. The molecule has 0 bridgehead atoms. The summed E-state index contributed by atoms with van der Waals surface area (Å²) >= 11 is 0. The molecule has 0 N–H and O–H groups in total. The van der Waals surface area contributed by atoms with Gasteiger partial charge in [0, 0.05) is 39.7 Å². The first-order valence-corrected chi connectivity index (χ1v) is 17.1. The van der Waals surface area contributed by atoms with Crippen LogP contribution in [0.3, 0.4) is 0 Å². The van der Waals surface area contributed by atoms with Crippen LogP contribution in [0, 0.1) is 0 Å². The van der Waals surface area contributed by atoms with Crippen LogP contribution in [0.1, 0.15) is 152 Å². The van der Waals surface area contributed by atoms with Crippen LogP contribution in [0.25, 0.3) is 0 Å². The van der Waals surface area contributed by atoms with E-state index in [1.54, 1.807) is 0 Å². The van der Waals surface area contributed by atoms with Crippen LogP contribution in [0.4, 0.5) is 0 Å². The molecule has 0 aromatic carbocycles. The van der Waals surface area contributed by atoms with Crippen molar-refractivity contribution in [1.29, 1.82) is 0 Å². The van der Waals surface area contributed by atoms with E-state index in [0.29, 0.717) is 30.9 Å². The van der Waals surface area contributed by atoms with Crippen molar-refractivity contribution < 1.29 is 78.6 Å². The molecule has 44 heavy (non-hydrogen) atoms. The Labute approximate surface area is 300 Å². The van der Waals surface area contributed by atoms with E-state index in [-0.39, 0.29) is 39.0 Å². The number of carbonyl (C=O) groups is 4.